The maximum atomic E-state index is 12.0. The van der Waals surface area contributed by atoms with E-state index in [1.165, 1.54) is 12.5 Å². The zero-order valence-electron chi connectivity index (χ0n) is 10.7. The predicted molar refractivity (Wildman–Crippen MR) is 69.7 cm³/mol. The summed E-state index contributed by atoms with van der Waals surface area (Å²) < 4.78 is 4.67. The fraction of sp³-hybridized carbons (Fsp3) is 0.286. The summed E-state index contributed by atoms with van der Waals surface area (Å²) in [5.74, 6) is 0.148. The number of hydrogen-bond donors (Lipinski definition) is 1. The number of aryl methyl sites for hydroxylation is 1. The highest BCUT2D eigenvalue weighted by atomic mass is 16.5. The molecule has 0 unspecified atom stereocenters. The van der Waals surface area contributed by atoms with Gasteiger partial charge in [0.05, 0.1) is 11.8 Å². The molecule has 0 radical (unpaired) electrons. The molecule has 2 aromatic rings. The Labute approximate surface area is 106 Å². The molecule has 1 heterocycles. The molecule has 0 atom stereocenters. The topological polar surface area (TPSA) is 55.1 Å². The zero-order valence-corrected chi connectivity index (χ0v) is 10.7. The van der Waals surface area contributed by atoms with E-state index < -0.39 is 0 Å². The number of rotatable bonds is 3. The smallest absolute Gasteiger partial charge is 0.260 e. The highest BCUT2D eigenvalue weighted by Crippen LogP contribution is 2.27. The fourth-order valence-electron chi connectivity index (χ4n) is 1.85. The van der Waals surface area contributed by atoms with E-state index in [9.17, 15) is 4.79 Å². The largest absolute Gasteiger partial charge is 0.364 e. The van der Waals surface area contributed by atoms with Crippen LogP contribution in [-0.4, -0.2) is 11.1 Å². The van der Waals surface area contributed by atoms with Crippen LogP contribution in [0.2, 0.25) is 0 Å². The molecule has 1 aromatic carbocycles. The van der Waals surface area contributed by atoms with Crippen LogP contribution in [0.3, 0.4) is 0 Å². The van der Waals surface area contributed by atoms with Crippen molar-refractivity contribution in [3.05, 3.63) is 47.3 Å². The summed E-state index contributed by atoms with van der Waals surface area (Å²) in [6, 6.07) is 6.01. The lowest BCUT2D eigenvalue weighted by molar-refractivity contribution is 0.102. The molecule has 0 spiro atoms. The van der Waals surface area contributed by atoms with Gasteiger partial charge in [0, 0.05) is 5.69 Å². The highest BCUT2D eigenvalue weighted by molar-refractivity contribution is 6.04. The molecule has 0 bridgehead atoms. The lowest BCUT2D eigenvalue weighted by atomic mass is 9.98. The minimum Gasteiger partial charge on any atom is -0.364 e. The summed E-state index contributed by atoms with van der Waals surface area (Å²) in [7, 11) is 0. The van der Waals surface area contributed by atoms with E-state index in [1.807, 2.05) is 25.1 Å². The number of hydrogen-bond acceptors (Lipinski definition) is 3. The molecule has 2 rings (SSSR count). The number of nitrogens with one attached hydrogen (secondary N) is 1. The Balaban J connectivity index is 2.31. The van der Waals surface area contributed by atoms with Gasteiger partial charge >= 0.3 is 0 Å². The molecular weight excluding hydrogens is 228 g/mol. The minimum atomic E-state index is -0.201. The molecule has 4 heteroatoms. The maximum absolute atomic E-state index is 12.0. The average Bonchev–Trinajstić information content (AvgIpc) is 2.85. The van der Waals surface area contributed by atoms with E-state index in [2.05, 4.69) is 28.8 Å². The molecule has 1 N–H and O–H groups in total. The number of nitrogens with zero attached hydrogens (tertiary/aromatic N) is 1. The first-order valence-corrected chi connectivity index (χ1v) is 5.90. The van der Waals surface area contributed by atoms with Crippen molar-refractivity contribution in [2.24, 2.45) is 0 Å². The summed E-state index contributed by atoms with van der Waals surface area (Å²) in [6.07, 6.45) is 2.74. The number of amides is 1. The van der Waals surface area contributed by atoms with Gasteiger partial charge in [0.25, 0.3) is 5.91 Å². The van der Waals surface area contributed by atoms with Crippen LogP contribution in [0.15, 0.2) is 35.2 Å². The molecule has 0 aliphatic carbocycles. The Bertz CT molecular complexity index is 545. The normalized spacial score (nSPS) is 10.7. The molecule has 1 amide bonds. The van der Waals surface area contributed by atoms with Crippen molar-refractivity contribution in [3.63, 3.8) is 0 Å². The standard InChI is InChI=1S/C14H16N2O2/c1-9(2)12-6-4-5-10(3)13(12)16-14(17)11-7-15-18-8-11/h4-9H,1-3H3,(H,16,17). The monoisotopic (exact) mass is 244 g/mol. The average molecular weight is 244 g/mol. The highest BCUT2D eigenvalue weighted by Gasteiger charge is 2.14. The third kappa shape index (κ3) is 2.42. The summed E-state index contributed by atoms with van der Waals surface area (Å²) in [4.78, 5) is 12.0. The third-order valence-electron chi connectivity index (χ3n) is 2.86. The Morgan fingerprint density at radius 2 is 2.17 bits per heavy atom. The van der Waals surface area contributed by atoms with Crippen LogP contribution < -0.4 is 5.32 Å². The molecule has 18 heavy (non-hydrogen) atoms. The SMILES string of the molecule is Cc1cccc(C(C)C)c1NC(=O)c1cnoc1. The molecule has 1 aromatic heterocycles. The fourth-order valence-corrected chi connectivity index (χ4v) is 1.85. The second-order valence-electron chi connectivity index (χ2n) is 4.56. The van der Waals surface area contributed by atoms with Crippen molar-refractivity contribution in [2.75, 3.05) is 5.32 Å². The van der Waals surface area contributed by atoms with Crippen LogP contribution in [0.4, 0.5) is 5.69 Å². The van der Waals surface area contributed by atoms with Crippen molar-refractivity contribution in [1.29, 1.82) is 0 Å². The molecule has 0 aliphatic heterocycles. The van der Waals surface area contributed by atoms with E-state index in [0.29, 0.717) is 11.5 Å². The minimum absolute atomic E-state index is 0.201. The first kappa shape index (κ1) is 12.4. The van der Waals surface area contributed by atoms with Gasteiger partial charge in [-0.3, -0.25) is 4.79 Å². The molecule has 0 saturated heterocycles. The second kappa shape index (κ2) is 5.04. The zero-order chi connectivity index (χ0) is 13.1. The summed E-state index contributed by atoms with van der Waals surface area (Å²) in [5, 5.41) is 6.45. The summed E-state index contributed by atoms with van der Waals surface area (Å²) >= 11 is 0. The number of carbonyl (C=O) groups is 1. The van der Waals surface area contributed by atoms with Gasteiger partial charge in [-0.05, 0) is 24.0 Å². The van der Waals surface area contributed by atoms with Gasteiger partial charge < -0.3 is 9.84 Å². The molecule has 0 fully saturated rings. The van der Waals surface area contributed by atoms with E-state index in [-0.39, 0.29) is 5.91 Å². The quantitative estimate of drug-likeness (QED) is 0.900. The lowest BCUT2D eigenvalue weighted by Gasteiger charge is -2.15. The molecule has 0 saturated carbocycles. The summed E-state index contributed by atoms with van der Waals surface area (Å²) in [5.41, 5.74) is 3.47. The van der Waals surface area contributed by atoms with Crippen LogP contribution >= 0.6 is 0 Å². The van der Waals surface area contributed by atoms with Crippen molar-refractivity contribution < 1.29 is 9.32 Å². The first-order valence-electron chi connectivity index (χ1n) is 5.90. The van der Waals surface area contributed by atoms with Crippen molar-refractivity contribution >= 4 is 11.6 Å². The van der Waals surface area contributed by atoms with Crippen LogP contribution in [0.5, 0.6) is 0 Å². The van der Waals surface area contributed by atoms with E-state index in [0.717, 1.165) is 16.8 Å². The van der Waals surface area contributed by atoms with Gasteiger partial charge in [-0.2, -0.15) is 0 Å². The second-order valence-corrected chi connectivity index (χ2v) is 4.56. The van der Waals surface area contributed by atoms with Crippen LogP contribution in [0, 0.1) is 6.92 Å². The van der Waals surface area contributed by atoms with Gasteiger partial charge in [0.2, 0.25) is 0 Å². The van der Waals surface area contributed by atoms with Gasteiger partial charge in [-0.15, -0.1) is 0 Å². The lowest BCUT2D eigenvalue weighted by Crippen LogP contribution is -2.14. The van der Waals surface area contributed by atoms with Crippen LogP contribution in [0.25, 0.3) is 0 Å². The number of carbonyl (C=O) groups excluding carboxylic acids is 1. The Kier molecular flexibility index (Phi) is 3.46. The number of para-hydroxylation sites is 1. The number of aromatic nitrogens is 1. The summed E-state index contributed by atoms with van der Waals surface area (Å²) in [6.45, 7) is 6.18. The Hall–Kier alpha value is -2.10. The van der Waals surface area contributed by atoms with E-state index >= 15 is 0 Å². The maximum Gasteiger partial charge on any atom is 0.260 e. The molecule has 4 nitrogen and oxygen atoms in total. The van der Waals surface area contributed by atoms with Crippen LogP contribution in [0.1, 0.15) is 41.3 Å². The van der Waals surface area contributed by atoms with Crippen molar-refractivity contribution in [1.82, 2.24) is 5.16 Å². The van der Waals surface area contributed by atoms with Crippen molar-refractivity contribution in [3.8, 4) is 0 Å². The predicted octanol–water partition coefficient (Wildman–Crippen LogP) is 3.36. The van der Waals surface area contributed by atoms with Gasteiger partial charge in [0.15, 0.2) is 0 Å². The van der Waals surface area contributed by atoms with Crippen LogP contribution in [-0.2, 0) is 0 Å². The number of anilines is 1. The number of benzene rings is 1. The van der Waals surface area contributed by atoms with E-state index in [1.54, 1.807) is 0 Å². The Morgan fingerprint density at radius 1 is 1.39 bits per heavy atom. The molecular formula is C14H16N2O2. The van der Waals surface area contributed by atoms with Crippen molar-refractivity contribution in [2.45, 2.75) is 26.7 Å². The first-order chi connectivity index (χ1) is 8.59. The molecule has 0 aliphatic rings. The van der Waals surface area contributed by atoms with Gasteiger partial charge in [-0.25, -0.2) is 0 Å². The van der Waals surface area contributed by atoms with Gasteiger partial charge in [0.1, 0.15) is 6.26 Å². The van der Waals surface area contributed by atoms with E-state index in [4.69, 9.17) is 0 Å². The third-order valence-corrected chi connectivity index (χ3v) is 2.86. The Morgan fingerprint density at radius 3 is 2.78 bits per heavy atom. The van der Waals surface area contributed by atoms with Gasteiger partial charge in [-0.1, -0.05) is 37.2 Å². The molecule has 94 valence electrons.